The van der Waals surface area contributed by atoms with E-state index in [4.69, 9.17) is 0 Å². The highest BCUT2D eigenvalue weighted by molar-refractivity contribution is 9.10. The van der Waals surface area contributed by atoms with Crippen LogP contribution < -0.4 is 5.32 Å². The Morgan fingerprint density at radius 1 is 1.50 bits per heavy atom. The summed E-state index contributed by atoms with van der Waals surface area (Å²) in [6.07, 6.45) is 4.04. The molecule has 1 N–H and O–H groups in total. The Morgan fingerprint density at radius 3 is 2.89 bits per heavy atom. The highest BCUT2D eigenvalue weighted by Crippen LogP contribution is 2.49. The van der Waals surface area contributed by atoms with Gasteiger partial charge in [-0.2, -0.15) is 0 Å². The highest BCUT2D eigenvalue weighted by atomic mass is 79.9. The van der Waals surface area contributed by atoms with Crippen molar-refractivity contribution in [3.63, 3.8) is 0 Å². The SMILES string of the molecule is CCNCC1CCC(C)(C)CC1c1sccc1Br. The minimum atomic E-state index is 0.497. The maximum absolute atomic E-state index is 3.73. The molecule has 1 aromatic rings. The summed E-state index contributed by atoms with van der Waals surface area (Å²) in [6, 6.07) is 2.20. The monoisotopic (exact) mass is 329 g/mol. The van der Waals surface area contributed by atoms with E-state index in [1.165, 1.54) is 30.3 Å². The van der Waals surface area contributed by atoms with E-state index in [1.54, 1.807) is 4.88 Å². The first kappa shape index (κ1) is 14.5. The standard InChI is InChI=1S/C15H24BrNS/c1-4-17-10-11-5-7-15(2,3)9-12(11)14-13(16)6-8-18-14/h6,8,11-12,17H,4-5,7,9-10H2,1-3H3. The maximum atomic E-state index is 3.73. The molecular weight excluding hydrogens is 306 g/mol. The largest absolute Gasteiger partial charge is 0.317 e. The van der Waals surface area contributed by atoms with Crippen LogP contribution in [0.15, 0.2) is 15.9 Å². The first-order valence-electron chi connectivity index (χ1n) is 6.97. The first-order chi connectivity index (χ1) is 8.53. The molecule has 0 bridgehead atoms. The normalized spacial score (nSPS) is 27.3. The second-order valence-electron chi connectivity index (χ2n) is 6.21. The average Bonchev–Trinajstić information content (AvgIpc) is 2.73. The number of nitrogens with one attached hydrogen (secondary N) is 1. The van der Waals surface area contributed by atoms with Crippen LogP contribution in [0, 0.1) is 11.3 Å². The molecule has 1 saturated carbocycles. The van der Waals surface area contributed by atoms with Gasteiger partial charge >= 0.3 is 0 Å². The second-order valence-corrected chi connectivity index (χ2v) is 8.02. The molecule has 18 heavy (non-hydrogen) atoms. The van der Waals surface area contributed by atoms with E-state index in [9.17, 15) is 0 Å². The van der Waals surface area contributed by atoms with Crippen molar-refractivity contribution in [2.75, 3.05) is 13.1 Å². The molecule has 2 atom stereocenters. The number of rotatable bonds is 4. The number of halogens is 1. The van der Waals surface area contributed by atoms with Gasteiger partial charge in [0.05, 0.1) is 0 Å². The van der Waals surface area contributed by atoms with Crippen molar-refractivity contribution in [1.82, 2.24) is 5.32 Å². The molecule has 0 amide bonds. The molecule has 0 aromatic carbocycles. The lowest BCUT2D eigenvalue weighted by molar-refractivity contribution is 0.161. The zero-order chi connectivity index (χ0) is 13.2. The van der Waals surface area contributed by atoms with E-state index in [-0.39, 0.29) is 0 Å². The molecule has 0 saturated heterocycles. The third-order valence-electron chi connectivity index (χ3n) is 4.17. The van der Waals surface area contributed by atoms with Gasteiger partial charge in [0.2, 0.25) is 0 Å². The van der Waals surface area contributed by atoms with Crippen molar-refractivity contribution >= 4 is 27.3 Å². The van der Waals surface area contributed by atoms with Gasteiger partial charge in [-0.1, -0.05) is 20.8 Å². The number of hydrogen-bond acceptors (Lipinski definition) is 2. The van der Waals surface area contributed by atoms with Crippen LogP contribution in [0.1, 0.15) is 50.8 Å². The fraction of sp³-hybridized carbons (Fsp3) is 0.733. The van der Waals surface area contributed by atoms with Crippen LogP contribution in [0.2, 0.25) is 0 Å². The molecule has 102 valence electrons. The van der Waals surface area contributed by atoms with Crippen LogP contribution in [-0.4, -0.2) is 13.1 Å². The summed E-state index contributed by atoms with van der Waals surface area (Å²) in [5, 5.41) is 5.76. The van der Waals surface area contributed by atoms with Crippen LogP contribution >= 0.6 is 27.3 Å². The molecule has 1 aliphatic rings. The van der Waals surface area contributed by atoms with Crippen LogP contribution in [0.5, 0.6) is 0 Å². The Hall–Kier alpha value is 0.140. The summed E-state index contributed by atoms with van der Waals surface area (Å²) in [5.74, 6) is 1.52. The highest BCUT2D eigenvalue weighted by Gasteiger charge is 2.36. The Bertz CT molecular complexity index is 386. The van der Waals surface area contributed by atoms with Gasteiger partial charge < -0.3 is 5.32 Å². The van der Waals surface area contributed by atoms with Gasteiger partial charge in [0.25, 0.3) is 0 Å². The predicted molar refractivity (Wildman–Crippen MR) is 84.4 cm³/mol. The molecule has 2 unspecified atom stereocenters. The van der Waals surface area contributed by atoms with E-state index in [0.29, 0.717) is 5.41 Å². The minimum Gasteiger partial charge on any atom is -0.317 e. The van der Waals surface area contributed by atoms with Gasteiger partial charge in [-0.15, -0.1) is 11.3 Å². The van der Waals surface area contributed by atoms with Crippen molar-refractivity contribution in [2.24, 2.45) is 11.3 Å². The number of hydrogen-bond donors (Lipinski definition) is 1. The summed E-state index contributed by atoms with van der Waals surface area (Å²) < 4.78 is 1.32. The van der Waals surface area contributed by atoms with E-state index in [0.717, 1.165) is 18.4 Å². The summed E-state index contributed by atoms with van der Waals surface area (Å²) in [4.78, 5) is 1.56. The fourth-order valence-electron chi connectivity index (χ4n) is 3.09. The van der Waals surface area contributed by atoms with Gasteiger partial charge in [-0.05, 0) is 77.0 Å². The Kier molecular flexibility index (Phi) is 4.90. The quantitative estimate of drug-likeness (QED) is 0.816. The van der Waals surface area contributed by atoms with Crippen molar-refractivity contribution in [2.45, 2.75) is 46.0 Å². The molecule has 3 heteroatoms. The predicted octanol–water partition coefficient (Wildman–Crippen LogP) is 5.03. The Labute approximate surface area is 123 Å². The van der Waals surface area contributed by atoms with Crippen LogP contribution in [0.4, 0.5) is 0 Å². The lowest BCUT2D eigenvalue weighted by atomic mass is 9.66. The molecule has 1 aliphatic carbocycles. The fourth-order valence-corrected chi connectivity index (χ4v) is 4.96. The first-order valence-corrected chi connectivity index (χ1v) is 8.64. The molecule has 1 aromatic heterocycles. The summed E-state index contributed by atoms with van der Waals surface area (Å²) in [6.45, 7) is 9.29. The van der Waals surface area contributed by atoms with E-state index in [1.807, 2.05) is 11.3 Å². The van der Waals surface area contributed by atoms with Crippen LogP contribution in [0.3, 0.4) is 0 Å². The van der Waals surface area contributed by atoms with Crippen LogP contribution in [-0.2, 0) is 0 Å². The molecule has 0 aliphatic heterocycles. The average molecular weight is 330 g/mol. The van der Waals surface area contributed by atoms with Crippen molar-refractivity contribution in [3.8, 4) is 0 Å². The van der Waals surface area contributed by atoms with E-state index < -0.39 is 0 Å². The van der Waals surface area contributed by atoms with Gasteiger partial charge in [-0.3, -0.25) is 0 Å². The van der Waals surface area contributed by atoms with Gasteiger partial charge in [0, 0.05) is 9.35 Å². The molecule has 1 fully saturated rings. The third-order valence-corrected chi connectivity index (χ3v) is 6.17. The minimum absolute atomic E-state index is 0.497. The maximum Gasteiger partial charge on any atom is 0.0317 e. The topological polar surface area (TPSA) is 12.0 Å². The Morgan fingerprint density at radius 2 is 2.28 bits per heavy atom. The summed E-state index contributed by atoms with van der Waals surface area (Å²) in [7, 11) is 0. The lowest BCUT2D eigenvalue weighted by Crippen LogP contribution is -2.34. The third kappa shape index (κ3) is 3.37. The zero-order valence-corrected chi connectivity index (χ0v) is 14.0. The van der Waals surface area contributed by atoms with Crippen LogP contribution in [0.25, 0.3) is 0 Å². The molecule has 0 radical (unpaired) electrons. The second kappa shape index (κ2) is 6.06. The van der Waals surface area contributed by atoms with E-state index in [2.05, 4.69) is 53.5 Å². The van der Waals surface area contributed by atoms with Gasteiger partial charge in [0.1, 0.15) is 0 Å². The summed E-state index contributed by atoms with van der Waals surface area (Å²) >= 11 is 5.64. The number of thiophene rings is 1. The Balaban J connectivity index is 2.17. The molecular formula is C15H24BrNS. The van der Waals surface area contributed by atoms with E-state index >= 15 is 0 Å². The molecule has 0 spiro atoms. The lowest BCUT2D eigenvalue weighted by Gasteiger charge is -2.41. The summed E-state index contributed by atoms with van der Waals surface area (Å²) in [5.41, 5.74) is 0.497. The van der Waals surface area contributed by atoms with Gasteiger partial charge in [-0.25, -0.2) is 0 Å². The van der Waals surface area contributed by atoms with Gasteiger partial charge in [0.15, 0.2) is 0 Å². The van der Waals surface area contributed by atoms with Crippen molar-refractivity contribution in [3.05, 3.63) is 20.8 Å². The van der Waals surface area contributed by atoms with Crippen molar-refractivity contribution < 1.29 is 0 Å². The zero-order valence-electron chi connectivity index (χ0n) is 11.6. The molecule has 2 rings (SSSR count). The van der Waals surface area contributed by atoms with Crippen molar-refractivity contribution in [1.29, 1.82) is 0 Å². The molecule has 1 heterocycles. The smallest absolute Gasteiger partial charge is 0.0317 e. The molecule has 1 nitrogen and oxygen atoms in total.